The van der Waals surface area contributed by atoms with E-state index in [4.69, 9.17) is 10.00 Å². The van der Waals surface area contributed by atoms with Crippen molar-refractivity contribution in [2.45, 2.75) is 53.4 Å². The van der Waals surface area contributed by atoms with Crippen LogP contribution in [0.15, 0.2) is 30.5 Å². The molecule has 0 radical (unpaired) electrons. The molecule has 1 aromatic carbocycles. The topological polar surface area (TPSA) is 61.7 Å². The third-order valence-corrected chi connectivity index (χ3v) is 3.36. The van der Waals surface area contributed by atoms with Crippen LogP contribution in [0.5, 0.6) is 11.5 Å². The number of ether oxygens (including phenoxy) is 1. The van der Waals surface area contributed by atoms with Gasteiger partial charge in [-0.1, -0.05) is 46.5 Å². The van der Waals surface area contributed by atoms with Crippen molar-refractivity contribution in [3.63, 3.8) is 0 Å². The standard InChI is InChI=1S/C11H9N3O.C4H8.C4H10/c1-8-11(7-13-14-8)15-10-4-2-9(6-12)3-5-10;1-4-2-3-4;1-3-4-2/h2-5,7H,1H3,(H,13,14);4H,2-3H2,1H3;3-4H2,1-2H3. The summed E-state index contributed by atoms with van der Waals surface area (Å²) in [5, 5.41) is 15.3. The molecule has 0 spiro atoms. The minimum absolute atomic E-state index is 0.617. The molecule has 1 saturated carbocycles. The second-order valence-corrected chi connectivity index (χ2v) is 5.78. The van der Waals surface area contributed by atoms with E-state index in [9.17, 15) is 0 Å². The van der Waals surface area contributed by atoms with Crippen molar-refractivity contribution in [3.05, 3.63) is 41.7 Å². The number of nitrogens with one attached hydrogen (secondary N) is 1. The first-order chi connectivity index (χ1) is 11.1. The summed E-state index contributed by atoms with van der Waals surface area (Å²) < 4.78 is 5.55. The molecule has 1 aromatic heterocycles. The number of nitriles is 1. The molecule has 1 aliphatic rings. The molecule has 4 nitrogen and oxygen atoms in total. The molecule has 1 fully saturated rings. The molecule has 124 valence electrons. The lowest BCUT2D eigenvalue weighted by atomic mass is 10.2. The van der Waals surface area contributed by atoms with Gasteiger partial charge in [-0.25, -0.2) is 0 Å². The third kappa shape index (κ3) is 8.06. The molecule has 0 amide bonds. The normalized spacial score (nSPS) is 12.1. The molecule has 23 heavy (non-hydrogen) atoms. The summed E-state index contributed by atoms with van der Waals surface area (Å²) in [7, 11) is 0. The van der Waals surface area contributed by atoms with E-state index in [2.05, 4.69) is 37.0 Å². The van der Waals surface area contributed by atoms with Crippen molar-refractivity contribution < 1.29 is 4.74 Å². The highest BCUT2D eigenvalue weighted by Gasteiger charge is 2.12. The van der Waals surface area contributed by atoms with Crippen LogP contribution in [0.2, 0.25) is 0 Å². The summed E-state index contributed by atoms with van der Waals surface area (Å²) in [6.07, 6.45) is 7.23. The number of H-pyrrole nitrogens is 1. The molecule has 3 rings (SSSR count). The van der Waals surface area contributed by atoms with Crippen LogP contribution in [-0.4, -0.2) is 10.2 Å². The number of benzene rings is 1. The molecular formula is C19H27N3O. The van der Waals surface area contributed by atoms with Gasteiger partial charge in [-0.05, 0) is 37.1 Å². The average Bonchev–Trinajstić information content (AvgIpc) is 3.27. The van der Waals surface area contributed by atoms with Crippen LogP contribution in [-0.2, 0) is 0 Å². The maximum Gasteiger partial charge on any atom is 0.167 e. The van der Waals surface area contributed by atoms with E-state index in [0.717, 1.165) is 11.6 Å². The summed E-state index contributed by atoms with van der Waals surface area (Å²) in [6, 6.07) is 8.99. The Morgan fingerprint density at radius 2 is 1.78 bits per heavy atom. The van der Waals surface area contributed by atoms with Crippen LogP contribution >= 0.6 is 0 Å². The summed E-state index contributed by atoms with van der Waals surface area (Å²) in [4.78, 5) is 0. The molecule has 1 heterocycles. The molecule has 0 aliphatic heterocycles. The van der Waals surface area contributed by atoms with Crippen LogP contribution in [0.25, 0.3) is 0 Å². The van der Waals surface area contributed by atoms with Crippen LogP contribution in [0, 0.1) is 24.2 Å². The highest BCUT2D eigenvalue weighted by atomic mass is 16.5. The van der Waals surface area contributed by atoms with E-state index in [0.29, 0.717) is 17.1 Å². The summed E-state index contributed by atoms with van der Waals surface area (Å²) in [6.45, 7) is 8.52. The van der Waals surface area contributed by atoms with Gasteiger partial charge in [-0.15, -0.1) is 0 Å². The molecule has 1 aliphatic carbocycles. The average molecular weight is 313 g/mol. The predicted molar refractivity (Wildman–Crippen MR) is 93.5 cm³/mol. The van der Waals surface area contributed by atoms with Crippen LogP contribution < -0.4 is 4.74 Å². The minimum Gasteiger partial charge on any atom is -0.454 e. The van der Waals surface area contributed by atoms with E-state index in [1.54, 1.807) is 30.5 Å². The van der Waals surface area contributed by atoms with Gasteiger partial charge in [0.2, 0.25) is 0 Å². The van der Waals surface area contributed by atoms with Crippen molar-refractivity contribution in [2.75, 3.05) is 0 Å². The number of nitrogens with zero attached hydrogens (tertiary/aromatic N) is 2. The number of aromatic amines is 1. The Morgan fingerprint density at radius 3 is 2.13 bits per heavy atom. The number of hydrogen-bond donors (Lipinski definition) is 1. The van der Waals surface area contributed by atoms with Gasteiger partial charge >= 0.3 is 0 Å². The molecule has 0 atom stereocenters. The molecule has 0 bridgehead atoms. The van der Waals surface area contributed by atoms with Gasteiger partial charge in [0.15, 0.2) is 5.75 Å². The molecule has 1 N–H and O–H groups in total. The van der Waals surface area contributed by atoms with Gasteiger partial charge in [0.05, 0.1) is 23.5 Å². The zero-order valence-electron chi connectivity index (χ0n) is 14.6. The lowest BCUT2D eigenvalue weighted by molar-refractivity contribution is 0.479. The second kappa shape index (κ2) is 10.4. The maximum absolute atomic E-state index is 8.62. The molecule has 2 aromatic rings. The fourth-order valence-electron chi connectivity index (χ4n) is 1.33. The van der Waals surface area contributed by atoms with Crippen molar-refractivity contribution >= 4 is 0 Å². The fraction of sp³-hybridized carbons (Fsp3) is 0.474. The number of aromatic nitrogens is 2. The molecule has 4 heteroatoms. The Labute approximate surface area is 139 Å². The number of aryl methyl sites for hydroxylation is 1. The summed E-state index contributed by atoms with van der Waals surface area (Å²) >= 11 is 0. The van der Waals surface area contributed by atoms with E-state index in [1.807, 2.05) is 6.92 Å². The maximum atomic E-state index is 8.62. The predicted octanol–water partition coefficient (Wildman–Crippen LogP) is 5.60. The first-order valence-corrected chi connectivity index (χ1v) is 8.28. The Bertz CT molecular complexity index is 590. The Balaban J connectivity index is 0.000000272. The third-order valence-electron chi connectivity index (χ3n) is 3.36. The molecule has 0 unspecified atom stereocenters. The molecular weight excluding hydrogens is 286 g/mol. The summed E-state index contributed by atoms with van der Waals surface area (Å²) in [5.41, 5.74) is 1.49. The first-order valence-electron chi connectivity index (χ1n) is 8.28. The quantitative estimate of drug-likeness (QED) is 0.801. The van der Waals surface area contributed by atoms with Crippen LogP contribution in [0.1, 0.15) is 57.7 Å². The van der Waals surface area contributed by atoms with Gasteiger partial charge in [-0.3, -0.25) is 5.10 Å². The zero-order chi connectivity index (χ0) is 17.1. The first kappa shape index (κ1) is 18.8. The largest absolute Gasteiger partial charge is 0.454 e. The zero-order valence-corrected chi connectivity index (χ0v) is 14.6. The monoisotopic (exact) mass is 313 g/mol. The van der Waals surface area contributed by atoms with Crippen molar-refractivity contribution in [3.8, 4) is 17.6 Å². The molecule has 0 saturated heterocycles. The van der Waals surface area contributed by atoms with E-state index < -0.39 is 0 Å². The smallest absolute Gasteiger partial charge is 0.167 e. The van der Waals surface area contributed by atoms with Crippen LogP contribution in [0.3, 0.4) is 0 Å². The Kier molecular flexibility index (Phi) is 8.52. The SMILES string of the molecule is CC1CC1.CCCC.Cc1[nH]ncc1Oc1ccc(C#N)cc1. The lowest BCUT2D eigenvalue weighted by Crippen LogP contribution is -1.84. The van der Waals surface area contributed by atoms with Gasteiger partial charge < -0.3 is 4.74 Å². The van der Waals surface area contributed by atoms with Crippen molar-refractivity contribution in [1.29, 1.82) is 5.26 Å². The van der Waals surface area contributed by atoms with E-state index in [-0.39, 0.29) is 0 Å². The van der Waals surface area contributed by atoms with Crippen molar-refractivity contribution in [2.24, 2.45) is 5.92 Å². The Morgan fingerprint density at radius 1 is 1.22 bits per heavy atom. The number of unbranched alkanes of at least 4 members (excludes halogenated alkanes) is 1. The van der Waals surface area contributed by atoms with Crippen LogP contribution in [0.4, 0.5) is 0 Å². The second-order valence-electron chi connectivity index (χ2n) is 5.78. The Hall–Kier alpha value is -2.28. The van der Waals surface area contributed by atoms with E-state index in [1.165, 1.54) is 25.7 Å². The fourth-order valence-corrected chi connectivity index (χ4v) is 1.33. The van der Waals surface area contributed by atoms with E-state index >= 15 is 0 Å². The number of hydrogen-bond acceptors (Lipinski definition) is 3. The number of rotatable bonds is 3. The highest BCUT2D eigenvalue weighted by molar-refractivity contribution is 5.37. The van der Waals surface area contributed by atoms with Gasteiger partial charge in [-0.2, -0.15) is 10.4 Å². The summed E-state index contributed by atoms with van der Waals surface area (Å²) in [5.74, 6) is 2.47. The lowest BCUT2D eigenvalue weighted by Gasteiger charge is -2.03. The minimum atomic E-state index is 0.617. The van der Waals surface area contributed by atoms with Gasteiger partial charge in [0.25, 0.3) is 0 Å². The highest BCUT2D eigenvalue weighted by Crippen LogP contribution is 2.26. The van der Waals surface area contributed by atoms with Crippen molar-refractivity contribution in [1.82, 2.24) is 10.2 Å². The van der Waals surface area contributed by atoms with Gasteiger partial charge in [0, 0.05) is 0 Å². The van der Waals surface area contributed by atoms with Gasteiger partial charge in [0.1, 0.15) is 5.75 Å².